The summed E-state index contributed by atoms with van der Waals surface area (Å²) in [7, 11) is 2.03. The molecule has 3 aromatic carbocycles. The third kappa shape index (κ3) is 20.3. The predicted octanol–water partition coefficient (Wildman–Crippen LogP) is 9.61. The molecule has 18 nitrogen and oxygen atoms in total. The number of hydrogen-bond donors (Lipinski definition) is 6. The maximum absolute atomic E-state index is 14.1. The number of rotatable bonds is 29. The highest BCUT2D eigenvalue weighted by Gasteiger charge is 2.44. The molecule has 3 aliphatic rings. The number of hydrogen-bond acceptors (Lipinski definition) is 13. The van der Waals surface area contributed by atoms with E-state index in [1.54, 1.807) is 11.3 Å². The van der Waals surface area contributed by atoms with Crippen LogP contribution in [0.15, 0.2) is 89.3 Å². The van der Waals surface area contributed by atoms with Crippen molar-refractivity contribution in [2.24, 2.45) is 5.41 Å². The summed E-state index contributed by atoms with van der Waals surface area (Å²) >= 11 is 1.58. The molecule has 0 bridgehead atoms. The Morgan fingerprint density at radius 1 is 0.733 bits per heavy atom. The smallest absolute Gasteiger partial charge is 0.391 e. The molecule has 3 atom stereocenters. The van der Waals surface area contributed by atoms with Gasteiger partial charge in [0.2, 0.25) is 29.2 Å². The molecule has 0 unspecified atom stereocenters. The molecule has 2 aromatic heterocycles. The summed E-state index contributed by atoms with van der Waals surface area (Å²) in [5.41, 5.74) is 5.19. The van der Waals surface area contributed by atoms with E-state index in [2.05, 4.69) is 63.0 Å². The molecule has 0 aliphatic carbocycles. The number of alkyl halides is 3. The number of thiazole rings is 1. The second kappa shape index (κ2) is 32.9. The number of likely N-dealkylation sites (N-methyl/N-ethyl adjacent to an activating group) is 1. The van der Waals surface area contributed by atoms with E-state index < -0.39 is 52.4 Å². The lowest BCUT2D eigenvalue weighted by Gasteiger charge is -2.35. The van der Waals surface area contributed by atoms with E-state index in [1.807, 2.05) is 94.9 Å². The second-order valence-electron chi connectivity index (χ2n) is 25.6. The average molecular weight is 1260 g/mol. The molecule has 0 radical (unpaired) electrons. The number of pyridine rings is 1. The fourth-order valence-corrected chi connectivity index (χ4v) is 12.9. The van der Waals surface area contributed by atoms with Crippen LogP contribution >= 0.6 is 11.3 Å². The van der Waals surface area contributed by atoms with E-state index in [-0.39, 0.29) is 49.6 Å². The average Bonchev–Trinajstić information content (AvgIpc) is 1.24. The Morgan fingerprint density at radius 3 is 2.06 bits per heavy atom. The normalized spacial score (nSPS) is 17.3. The molecule has 8 rings (SSSR count). The van der Waals surface area contributed by atoms with E-state index >= 15 is 0 Å². The number of aryl methyl sites for hydroxylation is 1. The fourth-order valence-electron chi connectivity index (χ4n) is 12.1. The Hall–Kier alpha value is -6.98. The van der Waals surface area contributed by atoms with Crippen LogP contribution in [-0.4, -0.2) is 161 Å². The van der Waals surface area contributed by atoms with Crippen molar-refractivity contribution in [3.05, 3.63) is 123 Å². The number of aromatic nitrogens is 2. The number of anilines is 2. The molecule has 5 aromatic rings. The Morgan fingerprint density at radius 2 is 1.38 bits per heavy atom. The standard InChI is InChI=1S/C68H92F3N11O7S/c1-47-62(90-46-75-47)50-24-22-48(23-25-50)42-74-65(88)58-40-53(83)45-82(58)66(89)63(67(2,3)4)77-60(85)21-14-10-8-6-7-9-13-20-59(84)72-28-15-11-12-16-29-79-32-34-80(35-33-79)44-49-18-17-19-51(38-49)52-26-27-57(81-36-30-78(5)31-37-81)56(39-52)76-64(87)54-43-73-61(86)41-55(54)68(69,70)71/h17-19,22-27,38-39,41,43,46,53,58,63,83H,6-16,20-21,28-37,40,42,44-45H2,1-5H3,(H,72,84)(H,73,86)(H,74,88)(H,76,87)(H,77,85)/t53-,58+,63-/m1/s1. The van der Waals surface area contributed by atoms with Gasteiger partial charge in [-0.3, -0.25) is 33.7 Å². The number of aliphatic hydroxyl groups excluding tert-OH is 1. The van der Waals surface area contributed by atoms with Crippen molar-refractivity contribution in [1.29, 1.82) is 0 Å². The molecule has 3 saturated heterocycles. The van der Waals surface area contributed by atoms with Gasteiger partial charge in [-0.15, -0.1) is 11.3 Å². The number of H-pyrrole nitrogens is 1. The summed E-state index contributed by atoms with van der Waals surface area (Å²) in [5.74, 6) is -1.79. The number of nitrogens with one attached hydrogen (secondary N) is 5. The van der Waals surface area contributed by atoms with Gasteiger partial charge in [-0.25, -0.2) is 4.98 Å². The van der Waals surface area contributed by atoms with Gasteiger partial charge in [0.25, 0.3) is 5.91 Å². The SMILES string of the molecule is Cc1ncsc1-c1ccc(CNC(=O)[C@@H]2C[C@@H](O)CN2C(=O)[C@@H](NC(=O)CCCCCCCCCC(=O)NCCCCCCN2CCN(Cc3cccc(-c4ccc(N5CCN(C)CC5)c(NC(=O)c5c[nH]c(=O)cc5C(F)(F)F)c4)c3)CC2)C(C)(C)C)cc1. The predicted molar refractivity (Wildman–Crippen MR) is 348 cm³/mol. The van der Waals surface area contributed by atoms with Gasteiger partial charge in [-0.1, -0.05) is 114 Å². The zero-order valence-electron chi connectivity index (χ0n) is 53.0. The maximum atomic E-state index is 14.1. The first kappa shape index (κ1) is 68.9. The zero-order valence-corrected chi connectivity index (χ0v) is 53.8. The first-order chi connectivity index (χ1) is 43.1. The number of carbonyl (C=O) groups excluding carboxylic acids is 5. The lowest BCUT2D eigenvalue weighted by molar-refractivity contribution is -0.144. The van der Waals surface area contributed by atoms with E-state index in [0.717, 1.165) is 161 Å². The minimum Gasteiger partial charge on any atom is -0.391 e. The number of amides is 5. The quantitative estimate of drug-likeness (QED) is 0.0247. The van der Waals surface area contributed by atoms with Gasteiger partial charge >= 0.3 is 6.18 Å². The van der Waals surface area contributed by atoms with Crippen LogP contribution in [0.2, 0.25) is 0 Å². The third-order valence-electron chi connectivity index (χ3n) is 17.4. The number of likely N-dealkylation sites (tertiary alicyclic amines) is 1. The van der Waals surface area contributed by atoms with Crippen molar-refractivity contribution < 1.29 is 42.3 Å². The van der Waals surface area contributed by atoms with Crippen LogP contribution in [0.4, 0.5) is 24.5 Å². The lowest BCUT2D eigenvalue weighted by atomic mass is 9.85. The van der Waals surface area contributed by atoms with Crippen LogP contribution in [0.3, 0.4) is 0 Å². The van der Waals surface area contributed by atoms with Gasteiger partial charge in [0, 0.05) is 110 Å². The van der Waals surface area contributed by atoms with Crippen LogP contribution in [-0.2, 0) is 38.4 Å². The number of β-amino-alcohol motifs (C(OH)–C–C–N with tert-alkyl or cyclic N) is 1. The van der Waals surface area contributed by atoms with E-state index in [9.17, 15) is 47.0 Å². The lowest BCUT2D eigenvalue weighted by Crippen LogP contribution is -2.57. The number of piperazine rings is 2. The van der Waals surface area contributed by atoms with E-state index in [4.69, 9.17) is 0 Å². The van der Waals surface area contributed by atoms with E-state index in [1.165, 1.54) is 4.90 Å². The molecule has 5 amide bonds. The summed E-state index contributed by atoms with van der Waals surface area (Å²) in [6.07, 6.45) is 6.62. The monoisotopic (exact) mass is 1260 g/mol. The highest BCUT2D eigenvalue weighted by molar-refractivity contribution is 7.13. The van der Waals surface area contributed by atoms with Gasteiger partial charge in [-0.05, 0) is 97.6 Å². The summed E-state index contributed by atoms with van der Waals surface area (Å²) in [4.78, 5) is 97.0. The van der Waals surface area contributed by atoms with Crippen LogP contribution < -0.4 is 31.7 Å². The summed E-state index contributed by atoms with van der Waals surface area (Å²) in [6, 6.07) is 20.5. The number of halogens is 3. The molecule has 22 heteroatoms. The van der Waals surface area contributed by atoms with Crippen molar-refractivity contribution in [3.8, 4) is 21.6 Å². The van der Waals surface area contributed by atoms with Crippen molar-refractivity contribution in [2.45, 2.75) is 155 Å². The summed E-state index contributed by atoms with van der Waals surface area (Å²) in [5, 5.41) is 22.4. The number of aliphatic hydroxyl groups is 1. The fraction of sp³-hybridized carbons (Fsp3) is 0.544. The summed E-state index contributed by atoms with van der Waals surface area (Å²) in [6.45, 7) is 17.2. The zero-order chi connectivity index (χ0) is 64.4. The van der Waals surface area contributed by atoms with Crippen molar-refractivity contribution in [1.82, 2.24) is 45.5 Å². The second-order valence-corrected chi connectivity index (χ2v) is 26.5. The Labute approximate surface area is 531 Å². The minimum atomic E-state index is -4.89. The van der Waals surface area contributed by atoms with Gasteiger partial charge in [0.15, 0.2) is 0 Å². The minimum absolute atomic E-state index is 0.0198. The van der Waals surface area contributed by atoms with Crippen molar-refractivity contribution >= 4 is 52.2 Å². The van der Waals surface area contributed by atoms with Crippen LogP contribution in [0.5, 0.6) is 0 Å². The van der Waals surface area contributed by atoms with Crippen molar-refractivity contribution in [2.75, 3.05) is 89.3 Å². The Balaban J connectivity index is 0.651. The molecule has 3 aliphatic heterocycles. The molecular formula is C68H92F3N11O7S. The molecular weight excluding hydrogens is 1170 g/mol. The number of unbranched alkanes of at least 4 members (excludes halogenated alkanes) is 9. The van der Waals surface area contributed by atoms with Gasteiger partial charge in [0.05, 0.1) is 44.7 Å². The number of nitrogens with zero attached hydrogens (tertiary/aromatic N) is 6. The highest BCUT2D eigenvalue weighted by atomic mass is 32.1. The van der Waals surface area contributed by atoms with Crippen LogP contribution in [0.1, 0.15) is 143 Å². The maximum Gasteiger partial charge on any atom is 0.417 e. The molecule has 5 heterocycles. The third-order valence-corrected chi connectivity index (χ3v) is 18.4. The molecule has 90 heavy (non-hydrogen) atoms. The first-order valence-electron chi connectivity index (χ1n) is 32.1. The van der Waals surface area contributed by atoms with Gasteiger partial charge in [-0.2, -0.15) is 13.2 Å². The summed E-state index contributed by atoms with van der Waals surface area (Å²) < 4.78 is 41.9. The van der Waals surface area contributed by atoms with Gasteiger partial charge < -0.3 is 51.0 Å². The molecule has 0 saturated carbocycles. The first-order valence-corrected chi connectivity index (χ1v) is 33.0. The molecule has 488 valence electrons. The van der Waals surface area contributed by atoms with Crippen molar-refractivity contribution in [3.63, 3.8) is 0 Å². The number of aromatic amines is 1. The topological polar surface area (TPSA) is 216 Å². The highest BCUT2D eigenvalue weighted by Crippen LogP contribution is 2.36. The van der Waals surface area contributed by atoms with E-state index in [0.29, 0.717) is 49.9 Å². The molecule has 0 spiro atoms. The molecule has 6 N–H and O–H groups in total. The Bertz CT molecular complexity index is 3240. The van der Waals surface area contributed by atoms with Gasteiger partial charge in [0.1, 0.15) is 12.1 Å². The van der Waals surface area contributed by atoms with Crippen LogP contribution in [0, 0.1) is 12.3 Å². The number of carbonyl (C=O) groups is 5. The number of benzene rings is 3. The van der Waals surface area contributed by atoms with Crippen LogP contribution in [0.25, 0.3) is 21.6 Å². The Kier molecular flexibility index (Phi) is 25.2. The largest absolute Gasteiger partial charge is 0.417 e. The molecule has 3 fully saturated rings.